The van der Waals surface area contributed by atoms with E-state index in [2.05, 4.69) is 44.3 Å². The maximum absolute atomic E-state index is 5.88. The molecule has 0 unspecified atom stereocenters. The Labute approximate surface area is 200 Å². The standard InChI is InChI=1S/C26H30N4O2S/c1-31-20-11-12-23(32-2)22(16-20)30-25(24(28-26(30)33)21-10-6-7-14-27-21)18-13-15-29(17-18)19-8-4-3-5-9-19/h6-7,10-17,19,24-25H,3-5,8-9H2,1-2H3,(H,28,33)/t24-,25-/m0/s1. The molecule has 3 heterocycles. The number of methoxy groups -OCH3 is 2. The van der Waals surface area contributed by atoms with Crippen molar-refractivity contribution in [1.29, 1.82) is 0 Å². The topological polar surface area (TPSA) is 51.6 Å². The Bertz CT molecular complexity index is 1110. The number of benzene rings is 1. The monoisotopic (exact) mass is 462 g/mol. The molecule has 1 aromatic carbocycles. The van der Waals surface area contributed by atoms with E-state index < -0.39 is 0 Å². The van der Waals surface area contributed by atoms with Crippen LogP contribution >= 0.6 is 12.2 Å². The van der Waals surface area contributed by atoms with Gasteiger partial charge in [-0.25, -0.2) is 0 Å². The van der Waals surface area contributed by atoms with Crippen molar-refractivity contribution in [1.82, 2.24) is 14.9 Å². The molecule has 2 aromatic heterocycles. The van der Waals surface area contributed by atoms with E-state index in [1.165, 1.54) is 37.7 Å². The number of hydrogen-bond acceptors (Lipinski definition) is 4. The van der Waals surface area contributed by atoms with Gasteiger partial charge in [-0.3, -0.25) is 4.98 Å². The highest BCUT2D eigenvalue weighted by molar-refractivity contribution is 7.80. The Hall–Kier alpha value is -3.06. The summed E-state index contributed by atoms with van der Waals surface area (Å²) in [4.78, 5) is 6.81. The van der Waals surface area contributed by atoms with Crippen LogP contribution in [0.3, 0.4) is 0 Å². The third-order valence-electron chi connectivity index (χ3n) is 6.82. The van der Waals surface area contributed by atoms with Gasteiger partial charge in [0.1, 0.15) is 11.5 Å². The normalized spacial score (nSPS) is 21.2. The smallest absolute Gasteiger partial charge is 0.174 e. The fraction of sp³-hybridized carbons (Fsp3) is 0.385. The summed E-state index contributed by atoms with van der Waals surface area (Å²) in [6.45, 7) is 0. The summed E-state index contributed by atoms with van der Waals surface area (Å²) >= 11 is 5.88. The minimum absolute atomic E-state index is 0.0711. The molecule has 1 aliphatic carbocycles. The molecule has 2 aliphatic rings. The van der Waals surface area contributed by atoms with Crippen molar-refractivity contribution in [2.45, 2.75) is 50.2 Å². The van der Waals surface area contributed by atoms with E-state index in [0.717, 1.165) is 22.9 Å². The first-order chi connectivity index (χ1) is 16.2. The molecule has 1 saturated carbocycles. The van der Waals surface area contributed by atoms with Gasteiger partial charge in [0.25, 0.3) is 0 Å². The van der Waals surface area contributed by atoms with Crippen LogP contribution in [0.15, 0.2) is 61.1 Å². The van der Waals surface area contributed by atoms with Crippen LogP contribution in [0.5, 0.6) is 11.5 Å². The first-order valence-corrected chi connectivity index (χ1v) is 12.0. The van der Waals surface area contributed by atoms with Crippen LogP contribution in [0.1, 0.15) is 61.5 Å². The summed E-state index contributed by atoms with van der Waals surface area (Å²) in [5.74, 6) is 1.51. The lowest BCUT2D eigenvalue weighted by molar-refractivity contribution is 0.353. The number of anilines is 1. The van der Waals surface area contributed by atoms with Gasteiger partial charge in [-0.2, -0.15) is 0 Å². The van der Waals surface area contributed by atoms with Gasteiger partial charge in [-0.1, -0.05) is 25.3 Å². The van der Waals surface area contributed by atoms with Gasteiger partial charge in [0.05, 0.1) is 37.7 Å². The quantitative estimate of drug-likeness (QED) is 0.483. The SMILES string of the molecule is COc1ccc(OC)c(N2C(=S)N[C@@H](c3ccccn3)[C@@H]2c2ccn(C3CCCCC3)c2)c1. The van der Waals surface area contributed by atoms with Gasteiger partial charge >= 0.3 is 0 Å². The summed E-state index contributed by atoms with van der Waals surface area (Å²) < 4.78 is 13.6. The van der Waals surface area contributed by atoms with E-state index in [4.69, 9.17) is 21.7 Å². The lowest BCUT2D eigenvalue weighted by Crippen LogP contribution is -2.29. The maximum atomic E-state index is 5.88. The van der Waals surface area contributed by atoms with E-state index in [0.29, 0.717) is 11.2 Å². The van der Waals surface area contributed by atoms with Gasteiger partial charge < -0.3 is 24.3 Å². The summed E-state index contributed by atoms with van der Waals surface area (Å²) in [6.07, 6.45) is 12.8. The van der Waals surface area contributed by atoms with E-state index >= 15 is 0 Å². The van der Waals surface area contributed by atoms with Gasteiger partial charge in [-0.05, 0) is 61.0 Å². The van der Waals surface area contributed by atoms with Crippen LogP contribution in [-0.4, -0.2) is 28.9 Å². The van der Waals surface area contributed by atoms with Crippen LogP contribution in [0.25, 0.3) is 0 Å². The molecule has 0 amide bonds. The van der Waals surface area contributed by atoms with Crippen molar-refractivity contribution in [3.05, 3.63) is 72.3 Å². The molecule has 0 bridgehead atoms. The Balaban J connectivity index is 1.59. The number of thiocarbonyl (C=S) groups is 1. The fourth-order valence-corrected chi connectivity index (χ4v) is 5.49. The van der Waals surface area contributed by atoms with Crippen molar-refractivity contribution in [3.63, 3.8) is 0 Å². The van der Waals surface area contributed by atoms with Crippen molar-refractivity contribution in [3.8, 4) is 11.5 Å². The number of nitrogens with one attached hydrogen (secondary N) is 1. The summed E-state index contributed by atoms with van der Waals surface area (Å²) in [6, 6.07) is 14.5. The number of hydrogen-bond donors (Lipinski definition) is 1. The molecule has 33 heavy (non-hydrogen) atoms. The molecule has 172 valence electrons. The molecule has 2 atom stereocenters. The average Bonchev–Trinajstić information content (AvgIpc) is 3.49. The van der Waals surface area contributed by atoms with Crippen molar-refractivity contribution in [2.24, 2.45) is 0 Å². The maximum Gasteiger partial charge on any atom is 0.174 e. The summed E-state index contributed by atoms with van der Waals surface area (Å²) in [7, 11) is 3.35. The minimum Gasteiger partial charge on any atom is -0.497 e. The average molecular weight is 463 g/mol. The van der Waals surface area contributed by atoms with E-state index in [9.17, 15) is 0 Å². The summed E-state index contributed by atoms with van der Waals surface area (Å²) in [5, 5.41) is 4.18. The molecule has 6 nitrogen and oxygen atoms in total. The Morgan fingerprint density at radius 1 is 1.03 bits per heavy atom. The molecule has 1 aliphatic heterocycles. The second-order valence-electron chi connectivity index (χ2n) is 8.72. The molecule has 0 radical (unpaired) electrons. The number of pyridine rings is 1. The molecular weight excluding hydrogens is 432 g/mol. The van der Waals surface area contributed by atoms with Crippen LogP contribution in [-0.2, 0) is 0 Å². The summed E-state index contributed by atoms with van der Waals surface area (Å²) in [5.41, 5.74) is 3.04. The molecule has 5 rings (SSSR count). The van der Waals surface area contributed by atoms with Gasteiger partial charge in [0.15, 0.2) is 5.11 Å². The molecule has 1 saturated heterocycles. The first kappa shape index (κ1) is 21.8. The number of aromatic nitrogens is 2. The van der Waals surface area contributed by atoms with Gasteiger partial charge in [0, 0.05) is 30.7 Å². The minimum atomic E-state index is -0.0863. The molecule has 1 N–H and O–H groups in total. The zero-order valence-corrected chi connectivity index (χ0v) is 19.9. The van der Waals surface area contributed by atoms with E-state index in [1.54, 1.807) is 14.2 Å². The first-order valence-electron chi connectivity index (χ1n) is 11.6. The Morgan fingerprint density at radius 3 is 2.61 bits per heavy atom. The van der Waals surface area contributed by atoms with E-state index in [1.807, 2.05) is 36.5 Å². The lowest BCUT2D eigenvalue weighted by atomic mass is 9.95. The van der Waals surface area contributed by atoms with Gasteiger partial charge in [0.2, 0.25) is 0 Å². The van der Waals surface area contributed by atoms with E-state index in [-0.39, 0.29) is 12.1 Å². The highest BCUT2D eigenvalue weighted by Crippen LogP contribution is 2.46. The predicted molar refractivity (Wildman–Crippen MR) is 134 cm³/mol. The number of ether oxygens (including phenoxy) is 2. The highest BCUT2D eigenvalue weighted by Gasteiger charge is 2.42. The third kappa shape index (κ3) is 4.17. The van der Waals surface area contributed by atoms with Crippen molar-refractivity contribution < 1.29 is 9.47 Å². The number of nitrogens with zero attached hydrogens (tertiary/aromatic N) is 3. The molecule has 0 spiro atoms. The lowest BCUT2D eigenvalue weighted by Gasteiger charge is -2.29. The third-order valence-corrected chi connectivity index (χ3v) is 7.13. The zero-order chi connectivity index (χ0) is 22.8. The van der Waals surface area contributed by atoms with Crippen LogP contribution in [0.2, 0.25) is 0 Å². The molecular formula is C26H30N4O2S. The number of rotatable bonds is 6. The molecule has 7 heteroatoms. The molecule has 3 aromatic rings. The second-order valence-corrected chi connectivity index (χ2v) is 9.10. The predicted octanol–water partition coefficient (Wildman–Crippen LogP) is 5.58. The molecule has 2 fully saturated rings. The largest absolute Gasteiger partial charge is 0.497 e. The van der Waals surface area contributed by atoms with Gasteiger partial charge in [-0.15, -0.1) is 0 Å². The van der Waals surface area contributed by atoms with Crippen molar-refractivity contribution in [2.75, 3.05) is 19.1 Å². The Morgan fingerprint density at radius 2 is 1.88 bits per heavy atom. The fourth-order valence-electron chi connectivity index (χ4n) is 5.15. The Kier molecular flexibility index (Phi) is 6.22. The van der Waals surface area contributed by atoms with Crippen LogP contribution in [0, 0.1) is 0 Å². The second kappa shape index (κ2) is 9.43. The van der Waals surface area contributed by atoms with Crippen LogP contribution < -0.4 is 19.7 Å². The zero-order valence-electron chi connectivity index (χ0n) is 19.1. The van der Waals surface area contributed by atoms with Crippen LogP contribution in [0.4, 0.5) is 5.69 Å². The highest BCUT2D eigenvalue weighted by atomic mass is 32.1. The van der Waals surface area contributed by atoms with Crippen molar-refractivity contribution >= 4 is 23.0 Å².